The Morgan fingerprint density at radius 1 is 1.04 bits per heavy atom. The standard InChI is InChI=1S/C24H30N2S/c1-15-13-17(3)23(18(4)14-15)26-21-10-8-7-9-20(21)25-12-11-16(2)22(24(25)26)19(5)27-6/h11-14,24H,5,7-10H2,1-4,6H3. The molecule has 0 amide bonds. The normalized spacial score (nSPS) is 21.7. The average molecular weight is 379 g/mol. The second kappa shape index (κ2) is 6.94. The van der Waals surface area contributed by atoms with E-state index in [4.69, 9.17) is 0 Å². The number of aryl methyl sites for hydroxylation is 3. The smallest absolute Gasteiger partial charge is 0.137 e. The molecule has 1 unspecified atom stereocenters. The third kappa shape index (κ3) is 2.87. The van der Waals surface area contributed by atoms with E-state index in [1.807, 2.05) is 0 Å². The van der Waals surface area contributed by atoms with Crippen LogP contribution in [-0.4, -0.2) is 17.3 Å². The zero-order valence-corrected chi connectivity index (χ0v) is 18.0. The summed E-state index contributed by atoms with van der Waals surface area (Å²) in [6.07, 6.45) is 11.8. The van der Waals surface area contributed by atoms with Gasteiger partial charge in [-0.2, -0.15) is 0 Å². The average Bonchev–Trinajstić information content (AvgIpc) is 2.95. The highest BCUT2D eigenvalue weighted by Crippen LogP contribution is 2.49. The molecule has 2 heterocycles. The van der Waals surface area contributed by atoms with Gasteiger partial charge in [-0.25, -0.2) is 0 Å². The van der Waals surface area contributed by atoms with Crippen molar-refractivity contribution in [3.05, 3.63) is 75.1 Å². The number of nitrogens with zero attached hydrogens (tertiary/aromatic N) is 2. The van der Waals surface area contributed by atoms with Crippen molar-refractivity contribution in [1.82, 2.24) is 4.90 Å². The van der Waals surface area contributed by atoms with Crippen molar-refractivity contribution in [3.63, 3.8) is 0 Å². The molecule has 2 aliphatic heterocycles. The Balaban J connectivity index is 1.94. The zero-order chi connectivity index (χ0) is 19.3. The lowest BCUT2D eigenvalue weighted by molar-refractivity contribution is 0.394. The van der Waals surface area contributed by atoms with E-state index in [2.05, 4.69) is 74.7 Å². The lowest BCUT2D eigenvalue weighted by atomic mass is 9.98. The van der Waals surface area contributed by atoms with Gasteiger partial charge in [0.15, 0.2) is 0 Å². The van der Waals surface area contributed by atoms with E-state index < -0.39 is 0 Å². The van der Waals surface area contributed by atoms with Crippen LogP contribution in [0, 0.1) is 20.8 Å². The van der Waals surface area contributed by atoms with Crippen LogP contribution in [0.15, 0.2) is 58.4 Å². The van der Waals surface area contributed by atoms with Gasteiger partial charge in [0.25, 0.3) is 0 Å². The molecular weight excluding hydrogens is 348 g/mol. The minimum absolute atomic E-state index is 0.207. The molecule has 0 radical (unpaired) electrons. The van der Waals surface area contributed by atoms with Crippen LogP contribution in [0.4, 0.5) is 5.69 Å². The summed E-state index contributed by atoms with van der Waals surface area (Å²) in [7, 11) is 0. The second-order valence-electron chi connectivity index (χ2n) is 8.04. The molecule has 0 aromatic heterocycles. The second-order valence-corrected chi connectivity index (χ2v) is 8.94. The summed E-state index contributed by atoms with van der Waals surface area (Å²) in [5.74, 6) is 0. The maximum atomic E-state index is 4.41. The van der Waals surface area contributed by atoms with E-state index in [1.165, 1.54) is 75.5 Å². The van der Waals surface area contributed by atoms with Gasteiger partial charge in [0.2, 0.25) is 0 Å². The molecule has 2 nitrogen and oxygen atoms in total. The number of hydrogen-bond donors (Lipinski definition) is 0. The topological polar surface area (TPSA) is 6.48 Å². The monoisotopic (exact) mass is 378 g/mol. The predicted octanol–water partition coefficient (Wildman–Crippen LogP) is 6.57. The van der Waals surface area contributed by atoms with Gasteiger partial charge in [-0.05, 0) is 82.4 Å². The van der Waals surface area contributed by atoms with E-state index in [1.54, 1.807) is 11.8 Å². The fraction of sp³-hybridized carbons (Fsp3) is 0.417. The van der Waals surface area contributed by atoms with Crippen molar-refractivity contribution >= 4 is 17.4 Å². The van der Waals surface area contributed by atoms with Crippen molar-refractivity contribution < 1.29 is 0 Å². The Kier molecular flexibility index (Phi) is 4.75. The first-order valence-corrected chi connectivity index (χ1v) is 11.2. The van der Waals surface area contributed by atoms with E-state index in [-0.39, 0.29) is 6.17 Å². The molecule has 1 aromatic carbocycles. The van der Waals surface area contributed by atoms with Gasteiger partial charge in [0.1, 0.15) is 6.17 Å². The van der Waals surface area contributed by atoms with Crippen molar-refractivity contribution in [2.24, 2.45) is 0 Å². The SMILES string of the molecule is C=C(SC)C1=C(C)C=CN2C3=C(CCCC3)N(c3c(C)cc(C)cc3C)C12. The minimum Gasteiger partial charge on any atom is -0.325 e. The maximum absolute atomic E-state index is 4.41. The van der Waals surface area contributed by atoms with Gasteiger partial charge in [0, 0.05) is 33.8 Å². The third-order valence-electron chi connectivity index (χ3n) is 6.11. The lowest BCUT2D eigenvalue weighted by Gasteiger charge is -2.39. The first-order valence-electron chi connectivity index (χ1n) is 9.93. The number of anilines is 1. The molecule has 3 aliphatic rings. The molecule has 142 valence electrons. The van der Waals surface area contributed by atoms with Crippen molar-refractivity contribution in [3.8, 4) is 0 Å². The van der Waals surface area contributed by atoms with Crippen LogP contribution in [-0.2, 0) is 0 Å². The first kappa shape index (κ1) is 18.5. The first-order chi connectivity index (χ1) is 12.9. The molecule has 0 spiro atoms. The Morgan fingerprint density at radius 3 is 2.30 bits per heavy atom. The molecule has 0 fully saturated rings. The molecule has 0 N–H and O–H groups in total. The molecule has 0 saturated carbocycles. The Bertz CT molecular complexity index is 880. The quantitative estimate of drug-likeness (QED) is 0.587. The number of fused-ring (bicyclic) bond motifs is 2. The van der Waals surface area contributed by atoms with Crippen LogP contribution in [0.1, 0.15) is 49.3 Å². The van der Waals surface area contributed by atoms with Gasteiger partial charge >= 0.3 is 0 Å². The van der Waals surface area contributed by atoms with E-state index in [0.717, 1.165) is 0 Å². The Hall–Kier alpha value is -1.87. The summed E-state index contributed by atoms with van der Waals surface area (Å²) in [6.45, 7) is 13.4. The van der Waals surface area contributed by atoms with E-state index >= 15 is 0 Å². The number of thioether (sulfide) groups is 1. The molecule has 0 bridgehead atoms. The van der Waals surface area contributed by atoms with Crippen molar-refractivity contribution in [1.29, 1.82) is 0 Å². The van der Waals surface area contributed by atoms with Gasteiger partial charge in [-0.15, -0.1) is 11.8 Å². The van der Waals surface area contributed by atoms with Gasteiger partial charge in [0.05, 0.1) is 0 Å². The fourth-order valence-corrected chi connectivity index (χ4v) is 5.53. The summed E-state index contributed by atoms with van der Waals surface area (Å²) in [5.41, 5.74) is 11.2. The largest absolute Gasteiger partial charge is 0.325 e. The summed E-state index contributed by atoms with van der Waals surface area (Å²) in [4.78, 5) is 6.35. The van der Waals surface area contributed by atoms with Gasteiger partial charge in [-0.3, -0.25) is 0 Å². The van der Waals surface area contributed by atoms with Crippen LogP contribution in [0.5, 0.6) is 0 Å². The molecule has 27 heavy (non-hydrogen) atoms. The van der Waals surface area contributed by atoms with E-state index in [9.17, 15) is 0 Å². The summed E-state index contributed by atoms with van der Waals surface area (Å²) >= 11 is 1.77. The van der Waals surface area contributed by atoms with Crippen molar-refractivity contribution in [2.45, 2.75) is 59.5 Å². The fourth-order valence-electron chi connectivity index (χ4n) is 5.04. The van der Waals surface area contributed by atoms with Crippen LogP contribution >= 0.6 is 11.8 Å². The highest BCUT2D eigenvalue weighted by molar-refractivity contribution is 8.02. The maximum Gasteiger partial charge on any atom is 0.137 e. The molecule has 1 aromatic rings. The Labute approximate surface area is 168 Å². The van der Waals surface area contributed by atoms with Crippen molar-refractivity contribution in [2.75, 3.05) is 11.2 Å². The van der Waals surface area contributed by atoms with Crippen LogP contribution in [0.25, 0.3) is 0 Å². The highest BCUT2D eigenvalue weighted by atomic mass is 32.2. The van der Waals surface area contributed by atoms with Crippen LogP contribution in [0.3, 0.4) is 0 Å². The Morgan fingerprint density at radius 2 is 1.67 bits per heavy atom. The lowest BCUT2D eigenvalue weighted by Crippen LogP contribution is -2.42. The molecular formula is C24H30N2S. The number of allylic oxidation sites excluding steroid dienone is 4. The molecule has 3 heteroatoms. The van der Waals surface area contributed by atoms with Crippen LogP contribution in [0.2, 0.25) is 0 Å². The van der Waals surface area contributed by atoms with Gasteiger partial charge < -0.3 is 9.80 Å². The number of hydrogen-bond acceptors (Lipinski definition) is 3. The summed E-state index contributed by atoms with van der Waals surface area (Å²) in [5, 5.41) is 0. The summed E-state index contributed by atoms with van der Waals surface area (Å²) in [6, 6.07) is 4.65. The molecule has 1 aliphatic carbocycles. The zero-order valence-electron chi connectivity index (χ0n) is 17.2. The summed E-state index contributed by atoms with van der Waals surface area (Å²) < 4.78 is 0. The van der Waals surface area contributed by atoms with E-state index in [0.29, 0.717) is 0 Å². The number of benzene rings is 1. The molecule has 0 saturated heterocycles. The predicted molar refractivity (Wildman–Crippen MR) is 119 cm³/mol. The third-order valence-corrected chi connectivity index (χ3v) is 6.82. The molecule has 4 rings (SSSR count). The van der Waals surface area contributed by atoms with Crippen LogP contribution < -0.4 is 4.90 Å². The minimum atomic E-state index is 0.207. The molecule has 1 atom stereocenters. The van der Waals surface area contributed by atoms with Gasteiger partial charge in [-0.1, -0.05) is 24.3 Å². The number of rotatable bonds is 3. The highest BCUT2D eigenvalue weighted by Gasteiger charge is 2.43.